The van der Waals surface area contributed by atoms with Crippen LogP contribution in [0.2, 0.25) is 0 Å². The first-order chi connectivity index (χ1) is 29.7. The smallest absolute Gasteiger partial charge is 0.126 e. The molecule has 9 aromatic carbocycles. The van der Waals surface area contributed by atoms with Gasteiger partial charge in [0.25, 0.3) is 0 Å². The van der Waals surface area contributed by atoms with Crippen molar-refractivity contribution in [1.29, 1.82) is 0 Å². The highest BCUT2D eigenvalue weighted by Gasteiger charge is 2.20. The molecule has 0 spiro atoms. The molecule has 0 aliphatic carbocycles. The van der Waals surface area contributed by atoms with Crippen molar-refractivity contribution in [2.75, 3.05) is 0 Å². The van der Waals surface area contributed by atoms with E-state index in [-0.39, 0.29) is 0 Å². The maximum absolute atomic E-state index is 5.56. The van der Waals surface area contributed by atoms with Crippen molar-refractivity contribution in [1.82, 2.24) is 4.98 Å². The number of rotatable bonds is 5. The normalized spacial score (nSPS) is 12.0. The van der Waals surface area contributed by atoms with E-state index in [9.17, 15) is 0 Å². The molecule has 5 heteroatoms. The summed E-state index contributed by atoms with van der Waals surface area (Å²) in [6, 6.07) is 69.3. The molecule has 4 aromatic heterocycles. The Bertz CT molecular complexity index is 3630. The van der Waals surface area contributed by atoms with E-state index in [1.54, 1.807) is 0 Å². The third kappa shape index (κ3) is 5.30. The van der Waals surface area contributed by atoms with Crippen molar-refractivity contribution in [2.24, 2.45) is 0 Å². The Morgan fingerprint density at radius 3 is 1.07 bits per heavy atom. The van der Waals surface area contributed by atoms with Gasteiger partial charge in [0.15, 0.2) is 0 Å². The quantitative estimate of drug-likeness (QED) is 0.168. The van der Waals surface area contributed by atoms with Crippen LogP contribution in [0.15, 0.2) is 188 Å². The molecule has 0 amide bonds. The predicted octanol–water partition coefficient (Wildman–Crippen LogP) is 17.7. The zero-order chi connectivity index (χ0) is 39.3. The number of hydrogen-bond donors (Lipinski definition) is 0. The topological polar surface area (TPSA) is 12.9 Å². The lowest BCUT2D eigenvalue weighted by molar-refractivity contribution is 1.48. The van der Waals surface area contributed by atoms with Crippen LogP contribution in [0.25, 0.3) is 126 Å². The average Bonchev–Trinajstić information content (AvgIpc) is 4.10. The van der Waals surface area contributed by atoms with Gasteiger partial charge < -0.3 is 0 Å². The molecule has 0 atom stereocenters. The molecule has 60 heavy (non-hydrogen) atoms. The molecule has 0 saturated carbocycles. The Balaban J connectivity index is 0.953. The van der Waals surface area contributed by atoms with Gasteiger partial charge in [-0.2, -0.15) is 0 Å². The summed E-state index contributed by atoms with van der Waals surface area (Å²) < 4.78 is 9.14. The second-order valence-corrected chi connectivity index (χ2v) is 19.5. The van der Waals surface area contributed by atoms with Gasteiger partial charge in [0.2, 0.25) is 0 Å². The van der Waals surface area contributed by atoms with E-state index in [1.165, 1.54) is 110 Å². The first-order valence-electron chi connectivity index (χ1n) is 20.1. The number of thiazole rings is 1. The zero-order valence-electron chi connectivity index (χ0n) is 32.0. The molecule has 13 aromatic rings. The lowest BCUT2D eigenvalue weighted by atomic mass is 9.95. The molecule has 13 rings (SSSR count). The molecule has 0 unspecified atom stereocenters. The molecular weight excluding hydrogens is 803 g/mol. The van der Waals surface area contributed by atoms with Crippen LogP contribution < -0.4 is 0 Å². The number of hydrogen-bond acceptors (Lipinski definition) is 5. The minimum absolute atomic E-state index is 1.05. The van der Waals surface area contributed by atoms with Crippen LogP contribution in [0.3, 0.4) is 0 Å². The standard InChI is InChI=1S/C55H31NS4/c1-4-19-47-40(10-1)43-15-7-13-37(51(43)57-47)33-24-22-32(23-25-33)36-30-31-39(35-28-26-34(27-29-35)38-14-8-16-44-41-11-2-5-20-48(41)58-52(38)44)54-50(36)56-55(60-54)46-18-9-17-45-42-12-3-6-21-49(42)59-53(45)46/h1-31H. The molecule has 0 radical (unpaired) electrons. The zero-order valence-corrected chi connectivity index (χ0v) is 35.2. The number of nitrogens with zero attached hydrogens (tertiary/aromatic N) is 1. The van der Waals surface area contributed by atoms with Crippen molar-refractivity contribution in [3.05, 3.63) is 188 Å². The van der Waals surface area contributed by atoms with Gasteiger partial charge in [-0.15, -0.1) is 45.3 Å². The van der Waals surface area contributed by atoms with E-state index < -0.39 is 0 Å². The lowest BCUT2D eigenvalue weighted by Crippen LogP contribution is -1.86. The van der Waals surface area contributed by atoms with Gasteiger partial charge in [-0.1, -0.05) is 170 Å². The molecule has 0 saturated heterocycles. The monoisotopic (exact) mass is 833 g/mol. The number of thiophene rings is 3. The van der Waals surface area contributed by atoms with Crippen LogP contribution in [0, 0.1) is 0 Å². The van der Waals surface area contributed by atoms with Crippen molar-refractivity contribution in [3.63, 3.8) is 0 Å². The number of fused-ring (bicyclic) bond motifs is 10. The Morgan fingerprint density at radius 2 is 0.600 bits per heavy atom. The van der Waals surface area contributed by atoms with Crippen LogP contribution in [0.5, 0.6) is 0 Å². The fourth-order valence-electron chi connectivity index (χ4n) is 9.11. The maximum atomic E-state index is 5.56. The van der Waals surface area contributed by atoms with Gasteiger partial charge in [-0.25, -0.2) is 4.98 Å². The fraction of sp³-hybridized carbons (Fsp3) is 0. The SMILES string of the molecule is c1ccc2c(c1)sc1c(-c3ccc(-c4ccc(-c5ccc(-c6cccc7c6sc6ccccc67)cc5)c5sc(-c6cccc7c6sc6ccccc67)nc45)cc3)cccc12. The van der Waals surface area contributed by atoms with E-state index in [4.69, 9.17) is 4.98 Å². The largest absolute Gasteiger partial charge is 0.235 e. The molecule has 1 nitrogen and oxygen atoms in total. The van der Waals surface area contributed by atoms with Crippen LogP contribution in [0.1, 0.15) is 0 Å². The van der Waals surface area contributed by atoms with Crippen molar-refractivity contribution in [3.8, 4) is 55.1 Å². The average molecular weight is 834 g/mol. The Morgan fingerprint density at radius 1 is 0.250 bits per heavy atom. The van der Waals surface area contributed by atoms with Gasteiger partial charge in [0.1, 0.15) is 5.01 Å². The number of benzene rings is 9. The minimum atomic E-state index is 1.05. The fourth-order valence-corrected chi connectivity index (χ4v) is 14.0. The summed E-state index contributed by atoms with van der Waals surface area (Å²) in [7, 11) is 0. The van der Waals surface area contributed by atoms with E-state index in [1.807, 2.05) is 45.3 Å². The predicted molar refractivity (Wildman–Crippen MR) is 265 cm³/mol. The highest BCUT2D eigenvalue weighted by atomic mass is 32.1. The molecule has 0 bridgehead atoms. The third-order valence-electron chi connectivity index (χ3n) is 12.0. The number of aromatic nitrogens is 1. The molecular formula is C55H31NS4. The molecule has 0 fully saturated rings. The summed E-state index contributed by atoms with van der Waals surface area (Å²) in [5.41, 5.74) is 12.0. The van der Waals surface area contributed by atoms with Gasteiger partial charge in [0.05, 0.1) is 10.2 Å². The van der Waals surface area contributed by atoms with Gasteiger partial charge >= 0.3 is 0 Å². The van der Waals surface area contributed by atoms with Crippen LogP contribution in [-0.4, -0.2) is 4.98 Å². The third-order valence-corrected chi connectivity index (χ3v) is 16.8. The van der Waals surface area contributed by atoms with E-state index in [0.717, 1.165) is 16.1 Å². The first-order valence-corrected chi connectivity index (χ1v) is 23.4. The summed E-state index contributed by atoms with van der Waals surface area (Å²) in [4.78, 5) is 5.56. The maximum Gasteiger partial charge on any atom is 0.126 e. The van der Waals surface area contributed by atoms with Crippen molar-refractivity contribution in [2.45, 2.75) is 0 Å². The minimum Gasteiger partial charge on any atom is -0.235 e. The molecule has 280 valence electrons. The van der Waals surface area contributed by atoms with E-state index >= 15 is 0 Å². The van der Waals surface area contributed by atoms with Crippen LogP contribution in [0.4, 0.5) is 0 Å². The Labute approximate surface area is 361 Å². The summed E-state index contributed by atoms with van der Waals surface area (Å²) >= 11 is 7.44. The Kier molecular flexibility index (Phi) is 7.76. The molecule has 0 N–H and O–H groups in total. The Hall–Kier alpha value is -6.47. The van der Waals surface area contributed by atoms with Crippen LogP contribution in [-0.2, 0) is 0 Å². The summed E-state index contributed by atoms with van der Waals surface area (Å²) in [6.45, 7) is 0. The summed E-state index contributed by atoms with van der Waals surface area (Å²) in [5, 5.41) is 8.95. The van der Waals surface area contributed by atoms with Crippen molar-refractivity contribution < 1.29 is 0 Å². The highest BCUT2D eigenvalue weighted by Crippen LogP contribution is 2.47. The van der Waals surface area contributed by atoms with Gasteiger partial charge in [-0.05, 0) is 51.6 Å². The summed E-state index contributed by atoms with van der Waals surface area (Å²) in [6.07, 6.45) is 0. The van der Waals surface area contributed by atoms with Gasteiger partial charge in [0, 0.05) is 77.2 Å². The second-order valence-electron chi connectivity index (χ2n) is 15.4. The molecule has 0 aliphatic rings. The second kappa shape index (κ2) is 13.5. The van der Waals surface area contributed by atoms with E-state index in [2.05, 4.69) is 188 Å². The molecule has 0 aliphatic heterocycles. The van der Waals surface area contributed by atoms with Crippen LogP contribution >= 0.6 is 45.3 Å². The first kappa shape index (κ1) is 34.4. The van der Waals surface area contributed by atoms with E-state index in [0.29, 0.717) is 0 Å². The lowest BCUT2D eigenvalue weighted by Gasteiger charge is -2.10. The highest BCUT2D eigenvalue weighted by molar-refractivity contribution is 7.28. The molecule has 4 heterocycles. The van der Waals surface area contributed by atoms with Gasteiger partial charge in [-0.3, -0.25) is 0 Å². The van der Waals surface area contributed by atoms with Crippen molar-refractivity contribution >= 4 is 116 Å². The summed E-state index contributed by atoms with van der Waals surface area (Å²) in [5.74, 6) is 0.